The molecule has 1 heterocycles. The van der Waals surface area contributed by atoms with Crippen LogP contribution >= 0.6 is 11.6 Å². The van der Waals surface area contributed by atoms with Crippen molar-refractivity contribution in [2.24, 2.45) is 7.05 Å². The zero-order chi connectivity index (χ0) is 18.2. The minimum absolute atomic E-state index is 0.159. The van der Waals surface area contributed by atoms with Gasteiger partial charge in [0.15, 0.2) is 6.29 Å². The molecule has 2 rings (SSSR count). The van der Waals surface area contributed by atoms with Crippen molar-refractivity contribution in [1.29, 1.82) is 5.26 Å². The average molecular weight is 358 g/mol. The van der Waals surface area contributed by atoms with E-state index in [-0.39, 0.29) is 27.0 Å². The smallest absolute Gasteiger partial charge is 0.298 e. The summed E-state index contributed by atoms with van der Waals surface area (Å²) in [7, 11) is 0.836. The van der Waals surface area contributed by atoms with Crippen LogP contribution in [0.15, 0.2) is 21.7 Å². The van der Waals surface area contributed by atoms with E-state index in [0.717, 1.165) is 19.2 Å². The lowest BCUT2D eigenvalue weighted by Crippen LogP contribution is -2.35. The van der Waals surface area contributed by atoms with E-state index >= 15 is 0 Å². The Balaban J connectivity index is 3.02. The largest absolute Gasteiger partial charge is 0.432 e. The van der Waals surface area contributed by atoms with Gasteiger partial charge in [-0.05, 0) is 12.1 Å². The van der Waals surface area contributed by atoms with Gasteiger partial charge < -0.3 is 0 Å². The highest BCUT2D eigenvalue weighted by Gasteiger charge is 2.39. The molecule has 0 atom stereocenters. The summed E-state index contributed by atoms with van der Waals surface area (Å²) in [6, 6.07) is 3.55. The van der Waals surface area contributed by atoms with Crippen molar-refractivity contribution in [3.8, 4) is 17.2 Å². The van der Waals surface area contributed by atoms with Crippen LogP contribution in [-0.2, 0) is 13.2 Å². The van der Waals surface area contributed by atoms with Gasteiger partial charge in [0.1, 0.15) is 5.69 Å². The molecule has 0 aliphatic carbocycles. The molecule has 0 amide bonds. The molecule has 1 aromatic heterocycles. The van der Waals surface area contributed by atoms with Crippen molar-refractivity contribution in [3.63, 3.8) is 0 Å². The Labute approximate surface area is 136 Å². The number of nitrogens with one attached hydrogen (secondary N) is 1. The Bertz CT molecular complexity index is 1000. The number of hydrogen-bond acceptors (Lipinski definition) is 4. The summed E-state index contributed by atoms with van der Waals surface area (Å²) in [6.45, 7) is 0. The van der Waals surface area contributed by atoms with Gasteiger partial charge in [-0.1, -0.05) is 11.6 Å². The van der Waals surface area contributed by atoms with Crippen molar-refractivity contribution in [1.82, 2.24) is 9.55 Å². The molecular formula is C14H7ClF3N3O3. The third-order valence-corrected chi connectivity index (χ3v) is 3.56. The first-order valence-corrected chi connectivity index (χ1v) is 6.59. The Morgan fingerprint density at radius 3 is 2.46 bits per heavy atom. The fourth-order valence-corrected chi connectivity index (χ4v) is 2.44. The summed E-state index contributed by atoms with van der Waals surface area (Å²) in [4.78, 5) is 36.2. The number of hydrogen-bond donors (Lipinski definition) is 1. The second kappa shape index (κ2) is 5.98. The number of nitriles is 1. The molecule has 24 heavy (non-hydrogen) atoms. The molecule has 0 aliphatic heterocycles. The number of aldehydes is 1. The first kappa shape index (κ1) is 17.5. The van der Waals surface area contributed by atoms with Crippen molar-refractivity contribution in [2.45, 2.75) is 6.18 Å². The summed E-state index contributed by atoms with van der Waals surface area (Å²) in [5.74, 6) is 0. The van der Waals surface area contributed by atoms with Crippen molar-refractivity contribution >= 4 is 17.9 Å². The number of benzene rings is 1. The molecule has 2 aromatic rings. The number of aromatic nitrogens is 2. The van der Waals surface area contributed by atoms with Crippen molar-refractivity contribution < 1.29 is 18.0 Å². The minimum Gasteiger partial charge on any atom is -0.298 e. The van der Waals surface area contributed by atoms with Crippen LogP contribution < -0.4 is 11.2 Å². The number of carbonyl (C=O) groups is 1. The zero-order valence-electron chi connectivity index (χ0n) is 11.9. The maximum atomic E-state index is 13.3. The van der Waals surface area contributed by atoms with Crippen LogP contribution in [0.4, 0.5) is 13.2 Å². The maximum absolute atomic E-state index is 13.3. The van der Waals surface area contributed by atoms with Gasteiger partial charge in [0, 0.05) is 18.2 Å². The zero-order valence-corrected chi connectivity index (χ0v) is 12.6. The molecule has 0 saturated carbocycles. The third kappa shape index (κ3) is 2.83. The van der Waals surface area contributed by atoms with Gasteiger partial charge in [0.2, 0.25) is 0 Å². The number of halogens is 4. The first-order valence-electron chi connectivity index (χ1n) is 6.21. The summed E-state index contributed by atoms with van der Waals surface area (Å²) >= 11 is 5.88. The lowest BCUT2D eigenvalue weighted by atomic mass is 9.99. The van der Waals surface area contributed by atoms with E-state index in [9.17, 15) is 27.6 Å². The molecule has 0 bridgehead atoms. The fourth-order valence-electron chi connectivity index (χ4n) is 2.18. The van der Waals surface area contributed by atoms with E-state index in [1.165, 1.54) is 0 Å². The molecule has 0 saturated heterocycles. The Hall–Kier alpha value is -2.86. The Kier molecular flexibility index (Phi) is 4.36. The van der Waals surface area contributed by atoms with Crippen molar-refractivity contribution in [3.05, 3.63) is 54.8 Å². The number of carbonyl (C=O) groups excluding carboxylic acids is 1. The summed E-state index contributed by atoms with van der Waals surface area (Å²) in [5.41, 5.74) is -5.80. The minimum atomic E-state index is -5.03. The summed E-state index contributed by atoms with van der Waals surface area (Å²) in [5, 5.41) is 8.55. The SMILES string of the molecule is Cn1c(C(F)(F)F)c(-c2cc(C=O)c(C#N)cc2Cl)c(=O)[nH]c1=O. The van der Waals surface area contributed by atoms with E-state index < -0.39 is 34.2 Å². The van der Waals surface area contributed by atoms with Crippen LogP contribution in [0.25, 0.3) is 11.1 Å². The topological polar surface area (TPSA) is 95.7 Å². The molecule has 124 valence electrons. The number of rotatable bonds is 2. The standard InChI is InChI=1S/C14H7ClF3N3O3/c1-21-11(14(16,17)18)10(12(23)20-13(21)24)8-2-7(5-22)6(4-19)3-9(8)15/h2-3,5H,1H3,(H,20,23,24). The molecule has 0 unspecified atom stereocenters. The average Bonchev–Trinajstić information content (AvgIpc) is 2.49. The Morgan fingerprint density at radius 2 is 1.96 bits per heavy atom. The van der Waals surface area contributed by atoms with Gasteiger partial charge in [-0.3, -0.25) is 19.1 Å². The number of H-pyrrole nitrogens is 1. The molecule has 1 aromatic carbocycles. The second-order valence-electron chi connectivity index (χ2n) is 4.69. The van der Waals surface area contributed by atoms with E-state index in [0.29, 0.717) is 0 Å². The van der Waals surface area contributed by atoms with Gasteiger partial charge in [0.25, 0.3) is 5.56 Å². The third-order valence-electron chi connectivity index (χ3n) is 3.25. The van der Waals surface area contributed by atoms with Gasteiger partial charge in [-0.15, -0.1) is 0 Å². The lowest BCUT2D eigenvalue weighted by molar-refractivity contribution is -0.143. The monoisotopic (exact) mass is 357 g/mol. The molecule has 6 nitrogen and oxygen atoms in total. The highest BCUT2D eigenvalue weighted by molar-refractivity contribution is 6.33. The van der Waals surface area contributed by atoms with E-state index in [2.05, 4.69) is 0 Å². The summed E-state index contributed by atoms with van der Waals surface area (Å²) in [6.07, 6.45) is -4.78. The van der Waals surface area contributed by atoms with Crippen molar-refractivity contribution in [2.75, 3.05) is 0 Å². The Morgan fingerprint density at radius 1 is 1.33 bits per heavy atom. The lowest BCUT2D eigenvalue weighted by Gasteiger charge is -2.16. The summed E-state index contributed by atoms with van der Waals surface area (Å²) < 4.78 is 40.2. The van der Waals surface area contributed by atoms with Gasteiger partial charge >= 0.3 is 11.9 Å². The molecule has 10 heteroatoms. The molecule has 0 fully saturated rings. The second-order valence-corrected chi connectivity index (χ2v) is 5.10. The van der Waals surface area contributed by atoms with Crippen LogP contribution in [-0.4, -0.2) is 15.8 Å². The molecular weight excluding hydrogens is 351 g/mol. The maximum Gasteiger partial charge on any atom is 0.432 e. The van der Waals surface area contributed by atoms with E-state index in [1.807, 2.05) is 0 Å². The van der Waals surface area contributed by atoms with E-state index in [1.54, 1.807) is 11.1 Å². The van der Waals surface area contributed by atoms with Gasteiger partial charge in [0.05, 0.1) is 22.2 Å². The fraction of sp³-hybridized carbons (Fsp3) is 0.143. The highest BCUT2D eigenvalue weighted by Crippen LogP contribution is 2.37. The van der Waals surface area contributed by atoms with Crippen LogP contribution in [0.5, 0.6) is 0 Å². The number of nitrogens with zero attached hydrogens (tertiary/aromatic N) is 2. The normalized spacial score (nSPS) is 11.2. The quantitative estimate of drug-likeness (QED) is 0.832. The number of aromatic amines is 1. The highest BCUT2D eigenvalue weighted by atomic mass is 35.5. The van der Waals surface area contributed by atoms with E-state index in [4.69, 9.17) is 16.9 Å². The van der Waals surface area contributed by atoms with Crippen LogP contribution in [0.1, 0.15) is 21.6 Å². The van der Waals surface area contributed by atoms with Crippen LogP contribution in [0.2, 0.25) is 5.02 Å². The predicted octanol–water partition coefficient (Wildman–Crippen LogP) is 2.10. The van der Waals surface area contributed by atoms with Crippen LogP contribution in [0.3, 0.4) is 0 Å². The molecule has 0 spiro atoms. The molecule has 1 N–H and O–H groups in total. The first-order chi connectivity index (χ1) is 11.1. The molecule has 0 radical (unpaired) electrons. The van der Waals surface area contributed by atoms with Gasteiger partial charge in [-0.2, -0.15) is 18.4 Å². The molecule has 0 aliphatic rings. The number of alkyl halides is 3. The van der Waals surface area contributed by atoms with Crippen LogP contribution in [0, 0.1) is 11.3 Å². The predicted molar refractivity (Wildman–Crippen MR) is 77.9 cm³/mol. The van der Waals surface area contributed by atoms with Gasteiger partial charge in [-0.25, -0.2) is 4.79 Å².